The van der Waals surface area contributed by atoms with Gasteiger partial charge in [0.15, 0.2) is 0 Å². The fourth-order valence-electron chi connectivity index (χ4n) is 3.95. The van der Waals surface area contributed by atoms with Crippen LogP contribution in [0.3, 0.4) is 0 Å². The van der Waals surface area contributed by atoms with Gasteiger partial charge in [-0.2, -0.15) is 5.10 Å². The Hall–Kier alpha value is -2.28. The molecule has 0 aliphatic carbocycles. The number of amides is 2. The summed E-state index contributed by atoms with van der Waals surface area (Å²) in [6.07, 6.45) is 5.16. The molecule has 0 saturated carbocycles. The average molecular weight is 385 g/mol. The predicted molar refractivity (Wildman–Crippen MR) is 105 cm³/mol. The van der Waals surface area contributed by atoms with Gasteiger partial charge in [0, 0.05) is 37.5 Å². The van der Waals surface area contributed by atoms with Gasteiger partial charge in [0.25, 0.3) is 0 Å². The van der Waals surface area contributed by atoms with E-state index >= 15 is 0 Å². The highest BCUT2D eigenvalue weighted by Crippen LogP contribution is 2.47. The van der Waals surface area contributed by atoms with Crippen molar-refractivity contribution in [1.29, 1.82) is 0 Å². The first-order chi connectivity index (χ1) is 13.0. The number of fused-ring (bicyclic) bond motifs is 1. The molecule has 6 nitrogen and oxygen atoms in total. The van der Waals surface area contributed by atoms with Gasteiger partial charge in [-0.1, -0.05) is 30.3 Å². The van der Waals surface area contributed by atoms with Gasteiger partial charge in [0.1, 0.15) is 6.04 Å². The van der Waals surface area contributed by atoms with Crippen LogP contribution in [0.4, 0.5) is 0 Å². The first-order valence-corrected chi connectivity index (χ1v) is 10.2. The normalized spacial score (nSPS) is 24.3. The van der Waals surface area contributed by atoms with Crippen LogP contribution in [0.5, 0.6) is 0 Å². The van der Waals surface area contributed by atoms with Gasteiger partial charge in [-0.3, -0.25) is 14.3 Å². The molecular weight excluding hydrogens is 360 g/mol. The Balaban J connectivity index is 1.40. The van der Waals surface area contributed by atoms with Gasteiger partial charge in [0.2, 0.25) is 11.8 Å². The van der Waals surface area contributed by atoms with Crippen LogP contribution in [-0.4, -0.2) is 55.1 Å². The fraction of sp³-hybridized carbons (Fsp3) is 0.450. The molecule has 27 heavy (non-hydrogen) atoms. The molecule has 1 aromatic carbocycles. The average Bonchev–Trinajstić information content (AvgIpc) is 3.31. The SMILES string of the molecule is CN(Cc1cnn(Cc2ccccc2)c1)C(=O)[C@@H]1CS[C@@]2(C)CCC(=O)N12. The second-order valence-electron chi connectivity index (χ2n) is 7.49. The highest BCUT2D eigenvalue weighted by atomic mass is 32.2. The van der Waals surface area contributed by atoms with E-state index in [-0.39, 0.29) is 22.7 Å². The molecule has 0 unspecified atom stereocenters. The maximum absolute atomic E-state index is 13.0. The molecule has 0 spiro atoms. The van der Waals surface area contributed by atoms with E-state index in [0.717, 1.165) is 12.0 Å². The second-order valence-corrected chi connectivity index (χ2v) is 8.99. The fourth-order valence-corrected chi connectivity index (χ4v) is 5.38. The number of thioether (sulfide) groups is 1. The smallest absolute Gasteiger partial charge is 0.246 e. The second kappa shape index (κ2) is 7.03. The lowest BCUT2D eigenvalue weighted by molar-refractivity contribution is -0.143. The minimum absolute atomic E-state index is 0.0114. The predicted octanol–water partition coefficient (Wildman–Crippen LogP) is 2.34. The third-order valence-electron chi connectivity index (χ3n) is 5.40. The van der Waals surface area contributed by atoms with Gasteiger partial charge >= 0.3 is 0 Å². The zero-order chi connectivity index (χ0) is 19.0. The van der Waals surface area contributed by atoms with E-state index < -0.39 is 0 Å². The van der Waals surface area contributed by atoms with E-state index in [0.29, 0.717) is 25.3 Å². The number of rotatable bonds is 5. The van der Waals surface area contributed by atoms with Crippen molar-refractivity contribution >= 4 is 23.6 Å². The van der Waals surface area contributed by atoms with E-state index in [1.54, 1.807) is 29.9 Å². The van der Waals surface area contributed by atoms with Crippen LogP contribution in [0, 0.1) is 0 Å². The molecule has 0 bridgehead atoms. The van der Waals surface area contributed by atoms with Crippen molar-refractivity contribution in [2.45, 2.75) is 43.8 Å². The molecule has 2 aliphatic rings. The van der Waals surface area contributed by atoms with Crippen LogP contribution in [0.1, 0.15) is 30.9 Å². The summed E-state index contributed by atoms with van der Waals surface area (Å²) in [4.78, 5) is 28.6. The number of hydrogen-bond donors (Lipinski definition) is 0. The van der Waals surface area contributed by atoms with Crippen LogP contribution in [0.15, 0.2) is 42.7 Å². The molecule has 4 rings (SSSR count). The Morgan fingerprint density at radius 2 is 2.11 bits per heavy atom. The number of benzene rings is 1. The van der Waals surface area contributed by atoms with Crippen molar-refractivity contribution in [3.05, 3.63) is 53.9 Å². The summed E-state index contributed by atoms with van der Waals surface area (Å²) in [7, 11) is 1.80. The highest BCUT2D eigenvalue weighted by Gasteiger charge is 2.53. The standard InChI is InChI=1S/C20H24N4O2S/c1-20-9-8-18(25)24(20)17(14-27-20)19(26)22(2)11-16-10-21-23(13-16)12-15-6-4-3-5-7-15/h3-7,10,13,17H,8-9,11-12,14H2,1-2H3/t17-,20-/m0/s1. The van der Waals surface area contributed by atoms with Crippen LogP contribution in [0.2, 0.25) is 0 Å². The number of hydrogen-bond acceptors (Lipinski definition) is 4. The monoisotopic (exact) mass is 384 g/mol. The Labute approximate surface area is 163 Å². The summed E-state index contributed by atoms with van der Waals surface area (Å²) in [6, 6.07) is 9.81. The summed E-state index contributed by atoms with van der Waals surface area (Å²) in [6.45, 7) is 3.27. The van der Waals surface area contributed by atoms with Crippen LogP contribution < -0.4 is 0 Å². The quantitative estimate of drug-likeness (QED) is 0.794. The molecule has 7 heteroatoms. The number of nitrogens with zero attached hydrogens (tertiary/aromatic N) is 4. The van der Waals surface area contributed by atoms with E-state index in [9.17, 15) is 9.59 Å². The minimum Gasteiger partial charge on any atom is -0.339 e. The summed E-state index contributed by atoms with van der Waals surface area (Å²) in [5.74, 6) is 0.792. The molecule has 2 amide bonds. The maximum Gasteiger partial charge on any atom is 0.246 e. The zero-order valence-corrected chi connectivity index (χ0v) is 16.5. The molecule has 1 aromatic heterocycles. The maximum atomic E-state index is 13.0. The molecule has 0 N–H and O–H groups in total. The van der Waals surface area contributed by atoms with E-state index in [1.165, 1.54) is 5.56 Å². The number of aromatic nitrogens is 2. The van der Waals surface area contributed by atoms with Crippen molar-refractivity contribution in [2.24, 2.45) is 0 Å². The largest absolute Gasteiger partial charge is 0.339 e. The van der Waals surface area contributed by atoms with Gasteiger partial charge < -0.3 is 9.80 Å². The highest BCUT2D eigenvalue weighted by molar-refractivity contribution is 8.01. The Morgan fingerprint density at radius 1 is 1.33 bits per heavy atom. The van der Waals surface area contributed by atoms with Crippen molar-refractivity contribution < 1.29 is 9.59 Å². The van der Waals surface area contributed by atoms with Crippen molar-refractivity contribution in [3.8, 4) is 0 Å². The summed E-state index contributed by atoms with van der Waals surface area (Å²) in [5, 5.41) is 4.41. The Kier molecular flexibility index (Phi) is 4.72. The first kappa shape index (κ1) is 18.1. The van der Waals surface area contributed by atoms with Gasteiger partial charge in [-0.25, -0.2) is 0 Å². The first-order valence-electron chi connectivity index (χ1n) is 9.23. The molecule has 2 saturated heterocycles. The third kappa shape index (κ3) is 3.48. The molecule has 142 valence electrons. The zero-order valence-electron chi connectivity index (χ0n) is 15.7. The van der Waals surface area contributed by atoms with Crippen LogP contribution in [-0.2, 0) is 22.7 Å². The van der Waals surface area contributed by atoms with Crippen molar-refractivity contribution in [3.63, 3.8) is 0 Å². The molecular formula is C20H24N4O2S. The summed E-state index contributed by atoms with van der Waals surface area (Å²) < 4.78 is 1.88. The lowest BCUT2D eigenvalue weighted by Crippen LogP contribution is -2.50. The lowest BCUT2D eigenvalue weighted by atomic mass is 10.2. The van der Waals surface area contributed by atoms with E-state index in [1.807, 2.05) is 34.0 Å². The lowest BCUT2D eigenvalue weighted by Gasteiger charge is -2.31. The van der Waals surface area contributed by atoms with Gasteiger partial charge in [-0.15, -0.1) is 11.8 Å². The molecule has 2 fully saturated rings. The Bertz CT molecular complexity index is 853. The summed E-state index contributed by atoms with van der Waals surface area (Å²) in [5.41, 5.74) is 2.18. The van der Waals surface area contributed by atoms with Crippen molar-refractivity contribution in [2.75, 3.05) is 12.8 Å². The molecule has 2 aromatic rings. The van der Waals surface area contributed by atoms with Crippen LogP contribution in [0.25, 0.3) is 0 Å². The van der Waals surface area contributed by atoms with Gasteiger partial charge in [0.05, 0.1) is 17.6 Å². The molecule has 2 atom stereocenters. The number of carbonyl (C=O) groups excluding carboxylic acids is 2. The van der Waals surface area contributed by atoms with Gasteiger partial charge in [-0.05, 0) is 18.9 Å². The molecule has 3 heterocycles. The van der Waals surface area contributed by atoms with Crippen molar-refractivity contribution in [1.82, 2.24) is 19.6 Å². The number of carbonyl (C=O) groups is 2. The third-order valence-corrected chi connectivity index (χ3v) is 6.91. The Morgan fingerprint density at radius 3 is 2.89 bits per heavy atom. The molecule has 0 radical (unpaired) electrons. The van der Waals surface area contributed by atoms with E-state index in [4.69, 9.17) is 0 Å². The topological polar surface area (TPSA) is 58.4 Å². The minimum atomic E-state index is -0.348. The molecule has 2 aliphatic heterocycles. The van der Waals surface area contributed by atoms with E-state index in [2.05, 4.69) is 24.2 Å². The van der Waals surface area contributed by atoms with Crippen LogP contribution >= 0.6 is 11.8 Å². The number of likely N-dealkylation sites (N-methyl/N-ethyl adjacent to an activating group) is 1. The summed E-state index contributed by atoms with van der Waals surface area (Å²) >= 11 is 1.73.